The molecule has 1 aromatic heterocycles. The minimum Gasteiger partial charge on any atom is -0.465 e. The number of amides is 3. The van der Waals surface area contributed by atoms with E-state index in [9.17, 15) is 19.2 Å². The number of carbonyl (C=O) groups is 4. The first-order chi connectivity index (χ1) is 14.5. The van der Waals surface area contributed by atoms with Gasteiger partial charge < -0.3 is 9.30 Å². The average molecular weight is 423 g/mol. The van der Waals surface area contributed by atoms with Crippen molar-refractivity contribution in [3.8, 4) is 0 Å². The summed E-state index contributed by atoms with van der Waals surface area (Å²) in [6.45, 7) is 1.38. The number of aromatic nitrogens is 1. The van der Waals surface area contributed by atoms with Crippen LogP contribution in [0.4, 0.5) is 0 Å². The lowest BCUT2D eigenvalue weighted by Crippen LogP contribution is -2.35. The second-order valence-corrected chi connectivity index (χ2v) is 7.50. The molecule has 9 heteroatoms. The predicted octanol–water partition coefficient (Wildman–Crippen LogP) is 1.99. The number of para-hydroxylation sites is 1. The van der Waals surface area contributed by atoms with Gasteiger partial charge in [0.05, 0.1) is 28.0 Å². The summed E-state index contributed by atoms with van der Waals surface area (Å²) in [5.74, 6) is -2.14. The minimum absolute atomic E-state index is 0.100. The Hall–Kier alpha value is -3.59. The van der Waals surface area contributed by atoms with Crippen LogP contribution in [0.3, 0.4) is 0 Å². The maximum absolute atomic E-state index is 12.6. The second-order valence-electron chi connectivity index (χ2n) is 6.49. The average Bonchev–Trinajstić information content (AvgIpc) is 3.19. The number of nitrogens with zero attached hydrogens (tertiary/aromatic N) is 3. The van der Waals surface area contributed by atoms with Crippen molar-refractivity contribution in [2.45, 2.75) is 13.5 Å². The summed E-state index contributed by atoms with van der Waals surface area (Å²) in [6.07, 6.45) is 0. The lowest BCUT2D eigenvalue weighted by atomic mass is 10.1. The fourth-order valence-electron chi connectivity index (χ4n) is 3.25. The van der Waals surface area contributed by atoms with Crippen molar-refractivity contribution < 1.29 is 23.9 Å². The summed E-state index contributed by atoms with van der Waals surface area (Å²) in [5.41, 5.74) is 1.28. The van der Waals surface area contributed by atoms with E-state index in [0.29, 0.717) is 4.80 Å². The number of fused-ring (bicyclic) bond motifs is 2. The summed E-state index contributed by atoms with van der Waals surface area (Å²) in [4.78, 5) is 54.8. The highest BCUT2D eigenvalue weighted by Gasteiger charge is 2.36. The minimum atomic E-state index is -0.659. The zero-order valence-electron chi connectivity index (χ0n) is 16.0. The van der Waals surface area contributed by atoms with Gasteiger partial charge in [0, 0.05) is 0 Å². The van der Waals surface area contributed by atoms with Crippen LogP contribution >= 0.6 is 11.3 Å². The monoisotopic (exact) mass is 423 g/mol. The van der Waals surface area contributed by atoms with Crippen LogP contribution in [-0.2, 0) is 20.9 Å². The van der Waals surface area contributed by atoms with E-state index in [1.165, 1.54) is 11.3 Å². The van der Waals surface area contributed by atoms with Gasteiger partial charge in [-0.25, -0.2) is 0 Å². The largest absolute Gasteiger partial charge is 0.465 e. The number of ether oxygens (including phenoxy) is 1. The molecule has 2 aromatic carbocycles. The molecule has 0 fully saturated rings. The van der Waals surface area contributed by atoms with E-state index in [4.69, 9.17) is 4.74 Å². The van der Waals surface area contributed by atoms with Crippen LogP contribution in [0, 0.1) is 0 Å². The van der Waals surface area contributed by atoms with E-state index in [-0.39, 0.29) is 24.3 Å². The molecule has 0 atom stereocenters. The van der Waals surface area contributed by atoms with Gasteiger partial charge in [0.15, 0.2) is 4.80 Å². The van der Waals surface area contributed by atoms with E-state index < -0.39 is 30.2 Å². The van der Waals surface area contributed by atoms with Crippen LogP contribution in [0.1, 0.15) is 27.6 Å². The summed E-state index contributed by atoms with van der Waals surface area (Å²) in [5, 5.41) is 0. The summed E-state index contributed by atoms with van der Waals surface area (Å²) >= 11 is 1.24. The third kappa shape index (κ3) is 3.55. The first-order valence-corrected chi connectivity index (χ1v) is 10.1. The van der Waals surface area contributed by atoms with Gasteiger partial charge in [-0.05, 0) is 31.2 Å². The molecule has 0 N–H and O–H groups in total. The van der Waals surface area contributed by atoms with Gasteiger partial charge in [0.2, 0.25) is 0 Å². The number of imide groups is 1. The molecule has 0 saturated heterocycles. The summed E-state index contributed by atoms with van der Waals surface area (Å²) in [6, 6.07) is 13.8. The van der Waals surface area contributed by atoms with Gasteiger partial charge in [0.1, 0.15) is 13.1 Å². The van der Waals surface area contributed by atoms with E-state index in [1.54, 1.807) is 35.8 Å². The Kier molecular flexibility index (Phi) is 5.28. The zero-order valence-corrected chi connectivity index (χ0v) is 16.8. The Labute approximate surface area is 175 Å². The molecule has 0 radical (unpaired) electrons. The molecule has 0 saturated carbocycles. The number of benzene rings is 2. The Balaban J connectivity index is 1.65. The Morgan fingerprint density at radius 3 is 2.27 bits per heavy atom. The molecule has 1 aliphatic heterocycles. The van der Waals surface area contributed by atoms with E-state index in [2.05, 4.69) is 4.99 Å². The SMILES string of the molecule is CCOC(=O)Cn1c(=NC(=O)CN2C(=O)c3ccccc3C2=O)sc2ccccc21. The van der Waals surface area contributed by atoms with Crippen molar-refractivity contribution in [2.24, 2.45) is 4.99 Å². The Morgan fingerprint density at radius 2 is 1.60 bits per heavy atom. The highest BCUT2D eigenvalue weighted by atomic mass is 32.1. The van der Waals surface area contributed by atoms with Gasteiger partial charge in [-0.3, -0.25) is 24.1 Å². The van der Waals surface area contributed by atoms with Crippen molar-refractivity contribution in [3.63, 3.8) is 0 Å². The molecule has 0 bridgehead atoms. The highest BCUT2D eigenvalue weighted by Crippen LogP contribution is 2.22. The number of thiazole rings is 1. The highest BCUT2D eigenvalue weighted by molar-refractivity contribution is 7.16. The van der Waals surface area contributed by atoms with Crippen LogP contribution in [0.2, 0.25) is 0 Å². The van der Waals surface area contributed by atoms with Crippen molar-refractivity contribution in [3.05, 3.63) is 64.5 Å². The summed E-state index contributed by atoms with van der Waals surface area (Å²) in [7, 11) is 0. The standard InChI is InChI=1S/C21H17N3O5S/c1-2-29-18(26)12-23-15-9-5-6-10-16(15)30-21(23)22-17(25)11-24-19(27)13-7-3-4-8-14(13)20(24)28/h3-10H,2,11-12H2,1H3. The topological polar surface area (TPSA) is 98.0 Å². The molecule has 2 heterocycles. The van der Waals surface area contributed by atoms with E-state index in [1.807, 2.05) is 24.3 Å². The lowest BCUT2D eigenvalue weighted by molar-refractivity contribution is -0.143. The first-order valence-electron chi connectivity index (χ1n) is 9.26. The maximum Gasteiger partial charge on any atom is 0.326 e. The van der Waals surface area contributed by atoms with Gasteiger partial charge in [-0.1, -0.05) is 35.6 Å². The number of hydrogen-bond acceptors (Lipinski definition) is 6. The predicted molar refractivity (Wildman–Crippen MR) is 109 cm³/mol. The molecule has 0 aliphatic carbocycles. The normalized spacial score (nSPS) is 13.8. The molecular formula is C21H17N3O5S. The van der Waals surface area contributed by atoms with Crippen molar-refractivity contribution in [1.29, 1.82) is 0 Å². The van der Waals surface area contributed by atoms with Crippen molar-refractivity contribution >= 4 is 45.2 Å². The van der Waals surface area contributed by atoms with Crippen molar-refractivity contribution in [2.75, 3.05) is 13.2 Å². The molecule has 8 nitrogen and oxygen atoms in total. The quantitative estimate of drug-likeness (QED) is 0.462. The van der Waals surface area contributed by atoms with Gasteiger partial charge >= 0.3 is 5.97 Å². The third-order valence-electron chi connectivity index (χ3n) is 4.57. The molecule has 4 rings (SSSR count). The van der Waals surface area contributed by atoms with Crippen molar-refractivity contribution in [1.82, 2.24) is 9.47 Å². The maximum atomic E-state index is 12.6. The van der Waals surface area contributed by atoms with Gasteiger partial charge in [-0.2, -0.15) is 4.99 Å². The van der Waals surface area contributed by atoms with Gasteiger partial charge in [-0.15, -0.1) is 0 Å². The Morgan fingerprint density at radius 1 is 0.967 bits per heavy atom. The second kappa shape index (κ2) is 8.03. The molecule has 3 amide bonds. The van der Waals surface area contributed by atoms with Gasteiger partial charge in [0.25, 0.3) is 17.7 Å². The van der Waals surface area contributed by atoms with Crippen LogP contribution < -0.4 is 4.80 Å². The third-order valence-corrected chi connectivity index (χ3v) is 5.63. The van der Waals surface area contributed by atoms with Crippen LogP contribution in [-0.4, -0.2) is 46.3 Å². The fraction of sp³-hybridized carbons (Fsp3) is 0.190. The van der Waals surface area contributed by atoms with Crippen LogP contribution in [0.5, 0.6) is 0 Å². The number of hydrogen-bond donors (Lipinski definition) is 0. The number of rotatable bonds is 5. The zero-order chi connectivity index (χ0) is 21.3. The summed E-state index contributed by atoms with van der Waals surface area (Å²) < 4.78 is 7.45. The molecular weight excluding hydrogens is 406 g/mol. The first kappa shape index (κ1) is 19.7. The molecule has 1 aliphatic rings. The molecule has 30 heavy (non-hydrogen) atoms. The van der Waals surface area contributed by atoms with Crippen LogP contribution in [0.15, 0.2) is 53.5 Å². The molecule has 3 aromatic rings. The fourth-order valence-corrected chi connectivity index (χ4v) is 4.30. The van der Waals surface area contributed by atoms with E-state index >= 15 is 0 Å². The van der Waals surface area contributed by atoms with E-state index in [0.717, 1.165) is 15.1 Å². The molecule has 0 spiro atoms. The smallest absolute Gasteiger partial charge is 0.326 e. The Bertz CT molecular complexity index is 1220. The molecule has 0 unspecified atom stereocenters. The van der Waals surface area contributed by atoms with Crippen LogP contribution in [0.25, 0.3) is 10.2 Å². The lowest BCUT2D eigenvalue weighted by Gasteiger charge is -2.10. The molecule has 152 valence electrons. The number of carbonyl (C=O) groups excluding carboxylic acids is 4. The number of esters is 1.